The average Bonchev–Trinajstić information content (AvgIpc) is 3.12. The molecule has 1 aliphatic rings. The van der Waals surface area contributed by atoms with Gasteiger partial charge in [0.05, 0.1) is 17.6 Å². The Bertz CT molecular complexity index is 839. The van der Waals surface area contributed by atoms with E-state index in [1.807, 2.05) is 20.2 Å². The van der Waals surface area contributed by atoms with Crippen molar-refractivity contribution in [3.05, 3.63) is 17.8 Å². The number of nitrogens with two attached hydrogens (primary N) is 1. The molecule has 0 amide bonds. The molecule has 2 N–H and O–H groups in total. The van der Waals surface area contributed by atoms with Gasteiger partial charge in [0.15, 0.2) is 17.3 Å². The van der Waals surface area contributed by atoms with Gasteiger partial charge in [-0.3, -0.25) is 0 Å². The van der Waals surface area contributed by atoms with Gasteiger partial charge >= 0.3 is 0 Å². The zero-order chi connectivity index (χ0) is 16.0. The summed E-state index contributed by atoms with van der Waals surface area (Å²) >= 11 is 0. The number of hydrogen-bond acceptors (Lipinski definition) is 6. The Morgan fingerprint density at radius 2 is 1.96 bits per heavy atom. The highest BCUT2D eigenvalue weighted by Crippen LogP contribution is 2.32. The largest absolute Gasteiger partial charge is 0.382 e. The molecule has 1 fully saturated rings. The summed E-state index contributed by atoms with van der Waals surface area (Å²) < 4.78 is 7.40. The quantitative estimate of drug-likeness (QED) is 0.780. The van der Waals surface area contributed by atoms with E-state index in [2.05, 4.69) is 19.7 Å². The lowest BCUT2D eigenvalue weighted by Crippen LogP contribution is -2.12. The summed E-state index contributed by atoms with van der Waals surface area (Å²) in [6.07, 6.45) is 7.99. The number of hydrogen-bond donors (Lipinski definition) is 1. The van der Waals surface area contributed by atoms with Crippen molar-refractivity contribution in [2.75, 3.05) is 5.73 Å². The highest BCUT2D eigenvalue weighted by molar-refractivity contribution is 5.84. The highest BCUT2D eigenvalue weighted by Gasteiger charge is 2.22. The van der Waals surface area contributed by atoms with Crippen LogP contribution in [0.2, 0.25) is 0 Å². The van der Waals surface area contributed by atoms with E-state index in [0.29, 0.717) is 29.0 Å². The first-order chi connectivity index (χ1) is 11.1. The predicted octanol–water partition coefficient (Wildman–Crippen LogP) is 3.19. The van der Waals surface area contributed by atoms with Gasteiger partial charge in [-0.15, -0.1) is 0 Å². The Morgan fingerprint density at radius 1 is 1.17 bits per heavy atom. The Kier molecular flexibility index (Phi) is 3.28. The first-order valence-electron chi connectivity index (χ1n) is 8.08. The molecule has 120 valence electrons. The van der Waals surface area contributed by atoms with Gasteiger partial charge in [0, 0.05) is 6.04 Å². The zero-order valence-corrected chi connectivity index (χ0v) is 13.4. The van der Waals surface area contributed by atoms with Crippen LogP contribution in [0, 0.1) is 13.8 Å². The van der Waals surface area contributed by atoms with E-state index < -0.39 is 0 Å². The summed E-state index contributed by atoms with van der Waals surface area (Å²) in [7, 11) is 0. The van der Waals surface area contributed by atoms with Crippen molar-refractivity contribution in [2.45, 2.75) is 52.0 Å². The molecule has 7 heteroatoms. The maximum Gasteiger partial charge on any atom is 0.169 e. The normalized spacial score (nSPS) is 16.3. The number of nitrogens with zero attached hydrogens (tertiary/aromatic N) is 5. The molecule has 23 heavy (non-hydrogen) atoms. The van der Waals surface area contributed by atoms with Crippen LogP contribution >= 0.6 is 0 Å². The van der Waals surface area contributed by atoms with Crippen LogP contribution in [0.15, 0.2) is 10.9 Å². The summed E-state index contributed by atoms with van der Waals surface area (Å²) in [4.78, 5) is 13.6. The van der Waals surface area contributed by atoms with E-state index in [0.717, 1.165) is 29.7 Å². The van der Waals surface area contributed by atoms with Crippen LogP contribution in [0.4, 0.5) is 5.82 Å². The van der Waals surface area contributed by atoms with E-state index >= 15 is 0 Å². The van der Waals surface area contributed by atoms with Gasteiger partial charge in [-0.25, -0.2) is 15.0 Å². The van der Waals surface area contributed by atoms with Crippen molar-refractivity contribution in [2.24, 2.45) is 0 Å². The van der Waals surface area contributed by atoms with Gasteiger partial charge in [0.25, 0.3) is 0 Å². The number of anilines is 1. The molecule has 0 aliphatic heterocycles. The van der Waals surface area contributed by atoms with Gasteiger partial charge < -0.3 is 14.8 Å². The number of aryl methyl sites for hydroxylation is 2. The van der Waals surface area contributed by atoms with Crippen LogP contribution in [0.5, 0.6) is 0 Å². The molecule has 0 saturated heterocycles. The molecule has 4 rings (SSSR count). The summed E-state index contributed by atoms with van der Waals surface area (Å²) in [5, 5.41) is 3.98. The number of rotatable bonds is 2. The third-order valence-corrected chi connectivity index (χ3v) is 4.67. The fraction of sp³-hybridized carbons (Fsp3) is 0.500. The van der Waals surface area contributed by atoms with Crippen molar-refractivity contribution in [1.82, 2.24) is 24.7 Å². The molecule has 7 nitrogen and oxygen atoms in total. The summed E-state index contributed by atoms with van der Waals surface area (Å²) in [5.41, 5.74) is 9.19. The third-order valence-electron chi connectivity index (χ3n) is 4.67. The Balaban J connectivity index is 1.88. The molecular formula is C16H20N6O. The Labute approximate surface area is 133 Å². The molecule has 0 radical (unpaired) electrons. The number of fused-ring (bicyclic) bond motifs is 1. The molecule has 0 atom stereocenters. The van der Waals surface area contributed by atoms with Crippen LogP contribution in [-0.2, 0) is 0 Å². The van der Waals surface area contributed by atoms with E-state index in [1.54, 1.807) is 0 Å². The monoisotopic (exact) mass is 312 g/mol. The lowest BCUT2D eigenvalue weighted by atomic mass is 9.95. The minimum absolute atomic E-state index is 0.402. The summed E-state index contributed by atoms with van der Waals surface area (Å²) in [6, 6.07) is 0.445. The predicted molar refractivity (Wildman–Crippen MR) is 86.8 cm³/mol. The van der Waals surface area contributed by atoms with Gasteiger partial charge in [-0.1, -0.05) is 24.4 Å². The lowest BCUT2D eigenvalue weighted by molar-refractivity contribution is 0.358. The second kappa shape index (κ2) is 5.33. The number of imidazole rings is 1. The van der Waals surface area contributed by atoms with Crippen molar-refractivity contribution in [3.63, 3.8) is 0 Å². The number of aromatic nitrogens is 5. The smallest absolute Gasteiger partial charge is 0.169 e. The van der Waals surface area contributed by atoms with Crippen molar-refractivity contribution in [1.29, 1.82) is 0 Å². The average molecular weight is 312 g/mol. The summed E-state index contributed by atoms with van der Waals surface area (Å²) in [6.45, 7) is 3.74. The SMILES string of the molecule is Cc1noc(C)c1-c1nc(N)c2ncn(C3CCCCC3)c2n1. The maximum absolute atomic E-state index is 6.13. The van der Waals surface area contributed by atoms with E-state index in [1.165, 1.54) is 19.3 Å². The zero-order valence-electron chi connectivity index (χ0n) is 13.4. The molecule has 0 bridgehead atoms. The van der Waals surface area contributed by atoms with Gasteiger partial charge in [0.1, 0.15) is 11.3 Å². The second-order valence-electron chi connectivity index (χ2n) is 6.25. The lowest BCUT2D eigenvalue weighted by Gasteiger charge is -2.23. The molecule has 3 aromatic rings. The molecule has 1 saturated carbocycles. The van der Waals surface area contributed by atoms with Crippen molar-refractivity contribution in [3.8, 4) is 11.4 Å². The number of nitrogen functional groups attached to an aromatic ring is 1. The van der Waals surface area contributed by atoms with Crippen molar-refractivity contribution < 1.29 is 4.52 Å². The van der Waals surface area contributed by atoms with Gasteiger partial charge in [-0.2, -0.15) is 0 Å². The van der Waals surface area contributed by atoms with Crippen LogP contribution in [0.25, 0.3) is 22.6 Å². The van der Waals surface area contributed by atoms with Gasteiger partial charge in [0.2, 0.25) is 0 Å². The Morgan fingerprint density at radius 3 is 2.65 bits per heavy atom. The van der Waals surface area contributed by atoms with Gasteiger partial charge in [-0.05, 0) is 26.7 Å². The van der Waals surface area contributed by atoms with Crippen molar-refractivity contribution >= 4 is 17.0 Å². The van der Waals surface area contributed by atoms with Crippen LogP contribution < -0.4 is 5.73 Å². The minimum atomic E-state index is 0.402. The molecule has 3 aromatic heterocycles. The van der Waals surface area contributed by atoms with E-state index in [4.69, 9.17) is 15.2 Å². The summed E-state index contributed by atoms with van der Waals surface area (Å²) in [5.74, 6) is 1.66. The standard InChI is InChI=1S/C16H20N6O/c1-9-12(10(2)23-21-9)15-19-14(17)13-16(20-15)22(8-18-13)11-6-4-3-5-7-11/h8,11H,3-7H2,1-2H3,(H2,17,19,20). The van der Waals surface area contributed by atoms with E-state index in [9.17, 15) is 0 Å². The van der Waals surface area contributed by atoms with Crippen LogP contribution in [0.3, 0.4) is 0 Å². The topological polar surface area (TPSA) is 95.6 Å². The molecule has 1 aliphatic carbocycles. The second-order valence-corrected chi connectivity index (χ2v) is 6.25. The first-order valence-corrected chi connectivity index (χ1v) is 8.08. The molecule has 3 heterocycles. The third kappa shape index (κ3) is 2.27. The fourth-order valence-electron chi connectivity index (χ4n) is 3.48. The fourth-order valence-corrected chi connectivity index (χ4v) is 3.48. The maximum atomic E-state index is 6.13. The molecule has 0 unspecified atom stereocenters. The van der Waals surface area contributed by atoms with Crippen LogP contribution in [-0.4, -0.2) is 24.7 Å². The Hall–Kier alpha value is -2.44. The molecule has 0 aromatic carbocycles. The molecule has 0 spiro atoms. The first kappa shape index (κ1) is 14.2. The highest BCUT2D eigenvalue weighted by atomic mass is 16.5. The minimum Gasteiger partial charge on any atom is -0.382 e. The van der Waals surface area contributed by atoms with Crippen LogP contribution in [0.1, 0.15) is 49.6 Å². The van der Waals surface area contributed by atoms with E-state index in [-0.39, 0.29) is 0 Å². The molecular weight excluding hydrogens is 292 g/mol.